The number of carbonyl (C=O) groups excluding carboxylic acids is 1. The van der Waals surface area contributed by atoms with Crippen molar-refractivity contribution in [3.05, 3.63) is 23.8 Å². The van der Waals surface area contributed by atoms with Crippen LogP contribution in [0.2, 0.25) is 0 Å². The van der Waals surface area contributed by atoms with Crippen molar-refractivity contribution in [1.29, 1.82) is 0 Å². The van der Waals surface area contributed by atoms with Crippen LogP contribution in [0.4, 0.5) is 11.4 Å². The van der Waals surface area contributed by atoms with Crippen molar-refractivity contribution in [3.63, 3.8) is 0 Å². The van der Waals surface area contributed by atoms with Crippen LogP contribution >= 0.6 is 0 Å². The first-order chi connectivity index (χ1) is 9.04. The summed E-state index contributed by atoms with van der Waals surface area (Å²) in [5.41, 5.74) is 6.46. The second-order valence-electron chi connectivity index (χ2n) is 4.13. The molecule has 0 aliphatic carbocycles. The van der Waals surface area contributed by atoms with Crippen LogP contribution < -0.4 is 16.4 Å². The molecule has 0 fully saturated rings. The molecule has 0 spiro atoms. The maximum atomic E-state index is 11.4. The first kappa shape index (κ1) is 14.8. The molecular formula is C13H19N3O3. The summed E-state index contributed by atoms with van der Waals surface area (Å²) in [6.45, 7) is 3.10. The van der Waals surface area contributed by atoms with Crippen LogP contribution in [0.1, 0.15) is 30.1 Å². The van der Waals surface area contributed by atoms with Gasteiger partial charge in [-0.15, -0.1) is 0 Å². The smallest absolute Gasteiger partial charge is 0.337 e. The van der Waals surface area contributed by atoms with E-state index in [1.54, 1.807) is 6.07 Å². The van der Waals surface area contributed by atoms with Crippen LogP contribution in [-0.4, -0.2) is 30.1 Å². The standard InChI is InChI=1S/C13H19N3O3/c1-2-6-16-12(17)5-7-15-9-3-4-11(14)10(8-9)13(18)19/h3-4,8,15H,2,5-7,14H2,1H3,(H,16,17)(H,18,19). The third-order valence-electron chi connectivity index (χ3n) is 2.54. The fourth-order valence-electron chi connectivity index (χ4n) is 1.52. The number of nitrogen functional groups attached to an aromatic ring is 1. The van der Waals surface area contributed by atoms with Crippen molar-refractivity contribution >= 4 is 23.3 Å². The Bertz CT molecular complexity index is 460. The Morgan fingerprint density at radius 3 is 2.68 bits per heavy atom. The number of carboxylic acid groups (broad SMARTS) is 1. The quantitative estimate of drug-likeness (QED) is 0.556. The molecule has 0 unspecified atom stereocenters. The van der Waals surface area contributed by atoms with E-state index >= 15 is 0 Å². The third-order valence-corrected chi connectivity index (χ3v) is 2.54. The Labute approximate surface area is 112 Å². The van der Waals surface area contributed by atoms with Gasteiger partial charge < -0.3 is 21.5 Å². The van der Waals surface area contributed by atoms with E-state index in [9.17, 15) is 9.59 Å². The maximum absolute atomic E-state index is 11.4. The van der Waals surface area contributed by atoms with E-state index in [0.29, 0.717) is 25.2 Å². The SMILES string of the molecule is CCCNC(=O)CCNc1ccc(N)c(C(=O)O)c1. The summed E-state index contributed by atoms with van der Waals surface area (Å²) >= 11 is 0. The number of benzene rings is 1. The molecule has 6 heteroatoms. The van der Waals surface area contributed by atoms with Crippen LogP contribution in [0.25, 0.3) is 0 Å². The summed E-state index contributed by atoms with van der Waals surface area (Å²) in [7, 11) is 0. The van der Waals surface area contributed by atoms with Gasteiger partial charge in [-0.2, -0.15) is 0 Å². The van der Waals surface area contributed by atoms with Gasteiger partial charge in [-0.25, -0.2) is 4.79 Å². The van der Waals surface area contributed by atoms with E-state index in [4.69, 9.17) is 10.8 Å². The minimum absolute atomic E-state index is 0.0248. The molecule has 0 aliphatic rings. The van der Waals surface area contributed by atoms with Crippen LogP contribution in [-0.2, 0) is 4.79 Å². The zero-order chi connectivity index (χ0) is 14.3. The minimum atomic E-state index is -1.07. The third kappa shape index (κ3) is 4.87. The summed E-state index contributed by atoms with van der Waals surface area (Å²) in [6, 6.07) is 4.68. The van der Waals surface area contributed by atoms with Gasteiger partial charge in [0, 0.05) is 30.9 Å². The number of nitrogens with two attached hydrogens (primary N) is 1. The lowest BCUT2D eigenvalue weighted by Gasteiger charge is -2.09. The predicted molar refractivity (Wildman–Crippen MR) is 74.2 cm³/mol. The van der Waals surface area contributed by atoms with Crippen molar-refractivity contribution in [2.45, 2.75) is 19.8 Å². The van der Waals surface area contributed by atoms with Crippen LogP contribution in [0.5, 0.6) is 0 Å². The van der Waals surface area contributed by atoms with Gasteiger partial charge in [0.1, 0.15) is 0 Å². The van der Waals surface area contributed by atoms with Crippen molar-refractivity contribution in [3.8, 4) is 0 Å². The highest BCUT2D eigenvalue weighted by molar-refractivity contribution is 5.94. The fourth-order valence-corrected chi connectivity index (χ4v) is 1.52. The Hall–Kier alpha value is -2.24. The predicted octanol–water partition coefficient (Wildman–Crippen LogP) is 1.30. The lowest BCUT2D eigenvalue weighted by Crippen LogP contribution is -2.25. The van der Waals surface area contributed by atoms with E-state index in [1.165, 1.54) is 12.1 Å². The molecule has 0 aromatic heterocycles. The molecule has 0 heterocycles. The second-order valence-corrected chi connectivity index (χ2v) is 4.13. The van der Waals surface area contributed by atoms with Gasteiger partial charge in [0.2, 0.25) is 5.91 Å². The molecule has 104 valence electrons. The van der Waals surface area contributed by atoms with Gasteiger partial charge in [-0.1, -0.05) is 6.92 Å². The second kappa shape index (κ2) is 7.25. The number of nitrogens with one attached hydrogen (secondary N) is 2. The van der Waals surface area contributed by atoms with Gasteiger partial charge in [0.15, 0.2) is 0 Å². The molecule has 1 aromatic rings. The number of aromatic carboxylic acids is 1. The van der Waals surface area contributed by atoms with Gasteiger partial charge in [-0.3, -0.25) is 4.79 Å². The number of amides is 1. The highest BCUT2D eigenvalue weighted by atomic mass is 16.4. The zero-order valence-electron chi connectivity index (χ0n) is 10.9. The molecule has 6 nitrogen and oxygen atoms in total. The average molecular weight is 265 g/mol. The van der Waals surface area contributed by atoms with Crippen LogP contribution in [0.15, 0.2) is 18.2 Å². The molecule has 0 saturated heterocycles. The molecule has 0 bridgehead atoms. The van der Waals surface area contributed by atoms with Gasteiger partial charge >= 0.3 is 5.97 Å². The molecular weight excluding hydrogens is 246 g/mol. The van der Waals surface area contributed by atoms with E-state index < -0.39 is 5.97 Å². The zero-order valence-corrected chi connectivity index (χ0v) is 10.9. The Morgan fingerprint density at radius 2 is 2.05 bits per heavy atom. The van der Waals surface area contributed by atoms with Gasteiger partial charge in [0.05, 0.1) is 5.56 Å². The molecule has 19 heavy (non-hydrogen) atoms. The number of hydrogen-bond acceptors (Lipinski definition) is 4. The minimum Gasteiger partial charge on any atom is -0.478 e. The monoisotopic (exact) mass is 265 g/mol. The summed E-state index contributed by atoms with van der Waals surface area (Å²) in [6.07, 6.45) is 1.24. The number of anilines is 2. The highest BCUT2D eigenvalue weighted by Gasteiger charge is 2.08. The van der Waals surface area contributed by atoms with E-state index in [2.05, 4.69) is 10.6 Å². The maximum Gasteiger partial charge on any atom is 0.337 e. The number of carboxylic acids is 1. The van der Waals surface area contributed by atoms with Crippen molar-refractivity contribution < 1.29 is 14.7 Å². The Morgan fingerprint density at radius 1 is 1.32 bits per heavy atom. The molecule has 5 N–H and O–H groups in total. The number of carbonyl (C=O) groups is 2. The van der Waals surface area contributed by atoms with E-state index in [-0.39, 0.29) is 17.2 Å². The van der Waals surface area contributed by atoms with Gasteiger partial charge in [-0.05, 0) is 24.6 Å². The Balaban J connectivity index is 2.48. The fraction of sp³-hybridized carbons (Fsp3) is 0.385. The summed E-state index contributed by atoms with van der Waals surface area (Å²) in [5, 5.41) is 14.7. The average Bonchev–Trinajstić information content (AvgIpc) is 2.38. The summed E-state index contributed by atoms with van der Waals surface area (Å²) < 4.78 is 0. The number of rotatable bonds is 7. The molecule has 0 saturated carbocycles. The van der Waals surface area contributed by atoms with Crippen molar-refractivity contribution in [2.75, 3.05) is 24.1 Å². The van der Waals surface area contributed by atoms with E-state index in [1.807, 2.05) is 6.92 Å². The topological polar surface area (TPSA) is 104 Å². The normalized spacial score (nSPS) is 9.95. The van der Waals surface area contributed by atoms with Gasteiger partial charge in [0.25, 0.3) is 0 Å². The molecule has 0 aliphatic heterocycles. The van der Waals surface area contributed by atoms with Crippen LogP contribution in [0.3, 0.4) is 0 Å². The lowest BCUT2D eigenvalue weighted by molar-refractivity contribution is -0.120. The number of hydrogen-bond donors (Lipinski definition) is 4. The molecule has 1 aromatic carbocycles. The molecule has 0 atom stereocenters. The van der Waals surface area contributed by atoms with Crippen molar-refractivity contribution in [2.24, 2.45) is 0 Å². The van der Waals surface area contributed by atoms with E-state index in [0.717, 1.165) is 6.42 Å². The molecule has 1 amide bonds. The summed E-state index contributed by atoms with van der Waals surface area (Å²) in [4.78, 5) is 22.3. The molecule has 1 rings (SSSR count). The first-order valence-electron chi connectivity index (χ1n) is 6.18. The largest absolute Gasteiger partial charge is 0.478 e. The first-order valence-corrected chi connectivity index (χ1v) is 6.18. The summed E-state index contributed by atoms with van der Waals surface area (Å²) in [5.74, 6) is -1.09. The van der Waals surface area contributed by atoms with Crippen LogP contribution in [0, 0.1) is 0 Å². The highest BCUT2D eigenvalue weighted by Crippen LogP contribution is 2.17. The Kier molecular flexibility index (Phi) is 5.66. The lowest BCUT2D eigenvalue weighted by atomic mass is 10.1. The van der Waals surface area contributed by atoms with Crippen molar-refractivity contribution in [1.82, 2.24) is 5.32 Å². The molecule has 0 radical (unpaired) electrons.